The summed E-state index contributed by atoms with van der Waals surface area (Å²) >= 11 is 3.41. The lowest BCUT2D eigenvalue weighted by molar-refractivity contribution is -0.116. The van der Waals surface area contributed by atoms with Crippen LogP contribution in [0.4, 0.5) is 5.69 Å². The Balaban J connectivity index is 1.96. The van der Waals surface area contributed by atoms with Gasteiger partial charge in [-0.1, -0.05) is 20.3 Å². The quantitative estimate of drug-likeness (QED) is 0.908. The molecule has 0 bridgehead atoms. The summed E-state index contributed by atoms with van der Waals surface area (Å²) in [6, 6.07) is 3.75. The first-order valence-corrected chi connectivity index (χ1v) is 7.28. The summed E-state index contributed by atoms with van der Waals surface area (Å²) in [6.07, 6.45) is 6.19. The van der Waals surface area contributed by atoms with Gasteiger partial charge >= 0.3 is 0 Å². The summed E-state index contributed by atoms with van der Waals surface area (Å²) in [5, 5.41) is 2.92. The SMILES string of the molecule is CC(C)CCCC(=O)Nc1ccc2ncc(Br)n2c1. The fraction of sp³-hybridized carbons (Fsp3) is 0.429. The van der Waals surface area contributed by atoms with Crippen molar-refractivity contribution in [1.29, 1.82) is 0 Å². The van der Waals surface area contributed by atoms with Gasteiger partial charge in [0, 0.05) is 12.6 Å². The molecule has 4 nitrogen and oxygen atoms in total. The van der Waals surface area contributed by atoms with Crippen LogP contribution in [0, 0.1) is 5.92 Å². The lowest BCUT2D eigenvalue weighted by atomic mass is 10.1. The third kappa shape index (κ3) is 3.80. The van der Waals surface area contributed by atoms with Crippen molar-refractivity contribution in [3.05, 3.63) is 29.1 Å². The smallest absolute Gasteiger partial charge is 0.224 e. The summed E-state index contributed by atoms with van der Waals surface area (Å²) in [5.74, 6) is 0.710. The molecule has 1 N–H and O–H groups in total. The van der Waals surface area contributed by atoms with E-state index < -0.39 is 0 Å². The van der Waals surface area contributed by atoms with Crippen molar-refractivity contribution in [2.45, 2.75) is 33.1 Å². The van der Waals surface area contributed by atoms with Gasteiger partial charge in [0.25, 0.3) is 0 Å². The molecule has 0 spiro atoms. The molecule has 0 aliphatic carbocycles. The molecule has 102 valence electrons. The van der Waals surface area contributed by atoms with E-state index in [1.807, 2.05) is 22.7 Å². The Morgan fingerprint density at radius 3 is 3.00 bits per heavy atom. The van der Waals surface area contributed by atoms with Gasteiger partial charge in [0.05, 0.1) is 11.9 Å². The average Bonchev–Trinajstić information content (AvgIpc) is 2.70. The Kier molecular flexibility index (Phi) is 4.58. The first-order chi connectivity index (χ1) is 9.06. The van der Waals surface area contributed by atoms with Gasteiger partial charge in [0.15, 0.2) is 0 Å². The molecular formula is C14H18BrN3O. The first kappa shape index (κ1) is 14.1. The second-order valence-corrected chi connectivity index (χ2v) is 5.87. The van der Waals surface area contributed by atoms with Crippen LogP contribution in [0.15, 0.2) is 29.1 Å². The van der Waals surface area contributed by atoms with E-state index in [0.29, 0.717) is 12.3 Å². The normalized spacial score (nSPS) is 11.2. The highest BCUT2D eigenvalue weighted by molar-refractivity contribution is 9.10. The van der Waals surface area contributed by atoms with Crippen LogP contribution in [0.3, 0.4) is 0 Å². The zero-order valence-corrected chi connectivity index (χ0v) is 12.8. The molecule has 0 aromatic carbocycles. The third-order valence-corrected chi connectivity index (χ3v) is 3.52. The molecule has 2 aromatic heterocycles. The summed E-state index contributed by atoms with van der Waals surface area (Å²) in [6.45, 7) is 4.34. The predicted molar refractivity (Wildman–Crippen MR) is 80.2 cm³/mol. The van der Waals surface area contributed by atoms with E-state index in [-0.39, 0.29) is 5.91 Å². The minimum atomic E-state index is 0.0660. The number of hydrogen-bond donors (Lipinski definition) is 1. The van der Waals surface area contributed by atoms with Gasteiger partial charge in [-0.3, -0.25) is 9.20 Å². The number of nitrogens with zero attached hydrogens (tertiary/aromatic N) is 2. The first-order valence-electron chi connectivity index (χ1n) is 6.48. The van der Waals surface area contributed by atoms with E-state index in [4.69, 9.17) is 0 Å². The molecule has 0 saturated heterocycles. The lowest BCUT2D eigenvalue weighted by Gasteiger charge is -2.07. The monoisotopic (exact) mass is 323 g/mol. The Morgan fingerprint density at radius 1 is 1.47 bits per heavy atom. The Hall–Kier alpha value is -1.36. The van der Waals surface area contributed by atoms with Gasteiger partial charge in [0.2, 0.25) is 5.91 Å². The molecule has 5 heteroatoms. The van der Waals surface area contributed by atoms with Crippen LogP contribution in [-0.2, 0) is 4.79 Å². The molecule has 0 atom stereocenters. The number of amides is 1. The number of nitrogens with one attached hydrogen (secondary N) is 1. The second-order valence-electron chi connectivity index (χ2n) is 5.06. The predicted octanol–water partition coefficient (Wildman–Crippen LogP) is 3.86. The summed E-state index contributed by atoms with van der Waals surface area (Å²) in [4.78, 5) is 16.0. The molecule has 1 amide bonds. The molecule has 0 radical (unpaired) electrons. The van der Waals surface area contributed by atoms with Crippen molar-refractivity contribution >= 4 is 33.2 Å². The number of halogens is 1. The van der Waals surface area contributed by atoms with Gasteiger partial charge in [-0.25, -0.2) is 4.98 Å². The molecule has 19 heavy (non-hydrogen) atoms. The van der Waals surface area contributed by atoms with Crippen molar-refractivity contribution < 1.29 is 4.79 Å². The maximum atomic E-state index is 11.8. The zero-order valence-electron chi connectivity index (χ0n) is 11.2. The number of carbonyl (C=O) groups excluding carboxylic acids is 1. The van der Waals surface area contributed by atoms with Gasteiger partial charge in [-0.15, -0.1) is 0 Å². The molecule has 0 aliphatic heterocycles. The Labute approximate surface area is 121 Å². The van der Waals surface area contributed by atoms with Crippen LogP contribution in [0.1, 0.15) is 33.1 Å². The maximum absolute atomic E-state index is 11.8. The van der Waals surface area contributed by atoms with E-state index in [2.05, 4.69) is 40.1 Å². The van der Waals surface area contributed by atoms with Gasteiger partial charge in [0.1, 0.15) is 10.3 Å². The lowest BCUT2D eigenvalue weighted by Crippen LogP contribution is -2.11. The van der Waals surface area contributed by atoms with Crippen LogP contribution < -0.4 is 5.32 Å². The minimum absolute atomic E-state index is 0.0660. The number of carbonyl (C=O) groups is 1. The maximum Gasteiger partial charge on any atom is 0.224 e. The van der Waals surface area contributed by atoms with Crippen LogP contribution in [0.2, 0.25) is 0 Å². The van der Waals surface area contributed by atoms with Crippen LogP contribution in [0.25, 0.3) is 5.65 Å². The highest BCUT2D eigenvalue weighted by Gasteiger charge is 2.05. The number of aromatic nitrogens is 2. The molecule has 2 rings (SSSR count). The standard InChI is InChI=1S/C14H18BrN3O/c1-10(2)4-3-5-14(19)17-11-6-7-13-16-8-12(15)18(13)9-11/h6-10H,3-5H2,1-2H3,(H,17,19). The van der Waals surface area contributed by atoms with E-state index in [9.17, 15) is 4.79 Å². The number of rotatable bonds is 5. The Morgan fingerprint density at radius 2 is 2.26 bits per heavy atom. The topological polar surface area (TPSA) is 46.4 Å². The van der Waals surface area contributed by atoms with E-state index in [1.165, 1.54) is 0 Å². The largest absolute Gasteiger partial charge is 0.325 e. The summed E-state index contributed by atoms with van der Waals surface area (Å²) in [7, 11) is 0. The van der Waals surface area contributed by atoms with E-state index >= 15 is 0 Å². The van der Waals surface area contributed by atoms with Gasteiger partial charge < -0.3 is 5.32 Å². The average molecular weight is 324 g/mol. The second kappa shape index (κ2) is 6.19. The molecule has 0 aliphatic rings. The molecule has 0 fully saturated rings. The number of imidazole rings is 1. The number of anilines is 1. The van der Waals surface area contributed by atoms with Crippen molar-refractivity contribution in [3.63, 3.8) is 0 Å². The van der Waals surface area contributed by atoms with Crippen LogP contribution in [-0.4, -0.2) is 15.3 Å². The van der Waals surface area contributed by atoms with Crippen LogP contribution >= 0.6 is 15.9 Å². The van der Waals surface area contributed by atoms with Crippen molar-refractivity contribution in [2.24, 2.45) is 5.92 Å². The van der Waals surface area contributed by atoms with Crippen molar-refractivity contribution in [3.8, 4) is 0 Å². The minimum Gasteiger partial charge on any atom is -0.325 e. The Bertz CT molecular complexity index is 577. The fourth-order valence-electron chi connectivity index (χ4n) is 1.92. The molecular weight excluding hydrogens is 306 g/mol. The third-order valence-electron chi connectivity index (χ3n) is 2.93. The van der Waals surface area contributed by atoms with E-state index in [1.54, 1.807) is 6.20 Å². The molecule has 0 unspecified atom stereocenters. The number of hydrogen-bond acceptors (Lipinski definition) is 2. The van der Waals surface area contributed by atoms with Crippen LogP contribution in [0.5, 0.6) is 0 Å². The fourth-order valence-corrected chi connectivity index (χ4v) is 2.31. The van der Waals surface area contributed by atoms with Gasteiger partial charge in [-0.05, 0) is 40.4 Å². The summed E-state index contributed by atoms with van der Waals surface area (Å²) < 4.78 is 2.77. The zero-order chi connectivity index (χ0) is 13.8. The van der Waals surface area contributed by atoms with E-state index in [0.717, 1.165) is 28.8 Å². The molecule has 2 aromatic rings. The highest BCUT2D eigenvalue weighted by atomic mass is 79.9. The van der Waals surface area contributed by atoms with Gasteiger partial charge in [-0.2, -0.15) is 0 Å². The highest BCUT2D eigenvalue weighted by Crippen LogP contribution is 2.17. The number of fused-ring (bicyclic) bond motifs is 1. The summed E-state index contributed by atoms with van der Waals surface area (Å²) in [5.41, 5.74) is 1.64. The van der Waals surface area contributed by atoms with Crippen molar-refractivity contribution in [2.75, 3.05) is 5.32 Å². The molecule has 2 heterocycles. The molecule has 0 saturated carbocycles. The van der Waals surface area contributed by atoms with Crippen molar-refractivity contribution in [1.82, 2.24) is 9.38 Å². The number of pyridine rings is 1.